The number of pyridine rings is 1. The van der Waals surface area contributed by atoms with Gasteiger partial charge in [0.05, 0.1) is 50.7 Å². The number of anilines is 2. The van der Waals surface area contributed by atoms with E-state index >= 15 is 0 Å². The molecule has 9 nitrogen and oxygen atoms in total. The summed E-state index contributed by atoms with van der Waals surface area (Å²) in [4.78, 5) is 16.7. The summed E-state index contributed by atoms with van der Waals surface area (Å²) in [6.45, 7) is 4.19. The number of aliphatic hydroxyl groups excluding tert-OH is 1. The SMILES string of the molecule is COc1ccc(-c2ccc3c(N4CCOCC4)nc(NC4CCOC4)nc3n2)cc1CO. The summed E-state index contributed by atoms with van der Waals surface area (Å²) in [5.74, 6) is 2.08. The first-order valence-electron chi connectivity index (χ1n) is 10.9. The molecular weight excluding hydrogens is 410 g/mol. The molecular formula is C23H27N5O4. The molecule has 2 saturated heterocycles. The highest BCUT2D eigenvalue weighted by Crippen LogP contribution is 2.30. The molecule has 4 heterocycles. The number of benzene rings is 1. The minimum absolute atomic E-state index is 0.106. The van der Waals surface area contributed by atoms with E-state index in [4.69, 9.17) is 29.2 Å². The van der Waals surface area contributed by atoms with E-state index in [2.05, 4.69) is 10.2 Å². The molecule has 0 bridgehead atoms. The molecule has 0 radical (unpaired) electrons. The van der Waals surface area contributed by atoms with Gasteiger partial charge in [-0.3, -0.25) is 0 Å². The van der Waals surface area contributed by atoms with Crippen molar-refractivity contribution in [2.45, 2.75) is 19.1 Å². The largest absolute Gasteiger partial charge is 0.496 e. The Balaban J connectivity index is 1.57. The molecule has 2 N–H and O–H groups in total. The Kier molecular flexibility index (Phi) is 6.02. The Labute approximate surface area is 186 Å². The highest BCUT2D eigenvalue weighted by molar-refractivity contribution is 5.89. The van der Waals surface area contributed by atoms with Gasteiger partial charge < -0.3 is 29.5 Å². The van der Waals surface area contributed by atoms with E-state index in [-0.39, 0.29) is 12.6 Å². The van der Waals surface area contributed by atoms with Crippen LogP contribution in [0, 0.1) is 0 Å². The lowest BCUT2D eigenvalue weighted by Gasteiger charge is -2.29. The Morgan fingerprint density at radius 2 is 1.97 bits per heavy atom. The predicted octanol–water partition coefficient (Wildman–Crippen LogP) is 2.23. The van der Waals surface area contributed by atoms with Crippen molar-refractivity contribution >= 4 is 22.8 Å². The van der Waals surface area contributed by atoms with Crippen LogP contribution >= 0.6 is 0 Å². The number of ether oxygens (including phenoxy) is 3. The van der Waals surface area contributed by atoms with Crippen LogP contribution in [0.15, 0.2) is 30.3 Å². The molecule has 5 rings (SSSR count). The van der Waals surface area contributed by atoms with Crippen LogP contribution in [0.4, 0.5) is 11.8 Å². The number of rotatable bonds is 6. The Hall–Kier alpha value is -3.01. The summed E-state index contributed by atoms with van der Waals surface area (Å²) >= 11 is 0. The summed E-state index contributed by atoms with van der Waals surface area (Å²) in [6, 6.07) is 9.86. The summed E-state index contributed by atoms with van der Waals surface area (Å²) in [5.41, 5.74) is 3.01. The summed E-state index contributed by atoms with van der Waals surface area (Å²) in [7, 11) is 1.59. The van der Waals surface area contributed by atoms with Gasteiger partial charge in [-0.2, -0.15) is 9.97 Å². The van der Waals surface area contributed by atoms with Crippen molar-refractivity contribution in [1.82, 2.24) is 15.0 Å². The quantitative estimate of drug-likeness (QED) is 0.601. The second-order valence-corrected chi connectivity index (χ2v) is 7.93. The van der Waals surface area contributed by atoms with Gasteiger partial charge in [0, 0.05) is 30.8 Å². The fourth-order valence-electron chi connectivity index (χ4n) is 4.13. The van der Waals surface area contributed by atoms with E-state index in [1.807, 2.05) is 30.3 Å². The molecule has 0 aliphatic carbocycles. The van der Waals surface area contributed by atoms with Crippen LogP contribution in [0.1, 0.15) is 12.0 Å². The highest BCUT2D eigenvalue weighted by atomic mass is 16.5. The first-order valence-corrected chi connectivity index (χ1v) is 10.9. The third-order valence-corrected chi connectivity index (χ3v) is 5.86. The molecule has 32 heavy (non-hydrogen) atoms. The molecule has 1 aromatic carbocycles. The predicted molar refractivity (Wildman–Crippen MR) is 121 cm³/mol. The molecule has 1 unspecified atom stereocenters. The number of fused-ring (bicyclic) bond motifs is 1. The number of aliphatic hydroxyl groups is 1. The van der Waals surface area contributed by atoms with Gasteiger partial charge in [-0.25, -0.2) is 4.98 Å². The molecule has 0 spiro atoms. The molecule has 168 valence electrons. The molecule has 0 saturated carbocycles. The molecule has 2 aromatic heterocycles. The third-order valence-electron chi connectivity index (χ3n) is 5.86. The van der Waals surface area contributed by atoms with Crippen molar-refractivity contribution in [2.75, 3.05) is 56.8 Å². The van der Waals surface area contributed by atoms with E-state index in [0.717, 1.165) is 48.6 Å². The minimum atomic E-state index is -0.106. The molecule has 1 atom stereocenters. The molecule has 2 aliphatic rings. The Bertz CT molecular complexity index is 1100. The maximum atomic E-state index is 9.69. The van der Waals surface area contributed by atoms with Gasteiger partial charge in [0.15, 0.2) is 5.65 Å². The lowest BCUT2D eigenvalue weighted by Crippen LogP contribution is -2.37. The van der Waals surface area contributed by atoms with Gasteiger partial charge >= 0.3 is 0 Å². The van der Waals surface area contributed by atoms with E-state index in [9.17, 15) is 5.11 Å². The van der Waals surface area contributed by atoms with Crippen LogP contribution in [-0.2, 0) is 16.1 Å². The molecule has 2 aliphatic heterocycles. The smallest absolute Gasteiger partial charge is 0.227 e. The Morgan fingerprint density at radius 1 is 1.09 bits per heavy atom. The van der Waals surface area contributed by atoms with Crippen molar-refractivity contribution < 1.29 is 19.3 Å². The van der Waals surface area contributed by atoms with Gasteiger partial charge in [-0.05, 0) is 36.8 Å². The molecule has 2 fully saturated rings. The van der Waals surface area contributed by atoms with Crippen molar-refractivity contribution in [3.8, 4) is 17.0 Å². The number of nitrogens with zero attached hydrogens (tertiary/aromatic N) is 4. The van der Waals surface area contributed by atoms with E-state index in [0.29, 0.717) is 42.7 Å². The lowest BCUT2D eigenvalue weighted by atomic mass is 10.1. The fourth-order valence-corrected chi connectivity index (χ4v) is 4.13. The lowest BCUT2D eigenvalue weighted by molar-refractivity contribution is 0.122. The van der Waals surface area contributed by atoms with Crippen molar-refractivity contribution in [3.05, 3.63) is 35.9 Å². The van der Waals surface area contributed by atoms with Crippen LogP contribution < -0.4 is 15.0 Å². The minimum Gasteiger partial charge on any atom is -0.496 e. The van der Waals surface area contributed by atoms with E-state index in [1.165, 1.54) is 0 Å². The average molecular weight is 438 g/mol. The number of methoxy groups -OCH3 is 1. The van der Waals surface area contributed by atoms with Crippen molar-refractivity contribution in [1.29, 1.82) is 0 Å². The molecule has 9 heteroatoms. The first kappa shape index (κ1) is 20.9. The van der Waals surface area contributed by atoms with Crippen LogP contribution in [-0.4, -0.2) is 72.7 Å². The molecule has 0 amide bonds. The number of nitrogens with one attached hydrogen (secondary N) is 1. The standard InChI is InChI=1S/C23H27N5O4/c1-30-20-5-2-15(12-16(20)13-29)19-4-3-18-21(25-19)26-23(24-17-6-9-32-14-17)27-22(18)28-7-10-31-11-8-28/h2-5,12,17,29H,6-11,13-14H2,1H3,(H,24,25,26,27). The topological polar surface area (TPSA) is 102 Å². The van der Waals surface area contributed by atoms with Gasteiger partial charge in [-0.15, -0.1) is 0 Å². The average Bonchev–Trinajstić information content (AvgIpc) is 3.36. The van der Waals surface area contributed by atoms with Crippen molar-refractivity contribution in [3.63, 3.8) is 0 Å². The van der Waals surface area contributed by atoms with Crippen molar-refractivity contribution in [2.24, 2.45) is 0 Å². The normalized spacial score (nSPS) is 18.8. The zero-order valence-electron chi connectivity index (χ0n) is 18.1. The highest BCUT2D eigenvalue weighted by Gasteiger charge is 2.21. The monoisotopic (exact) mass is 437 g/mol. The van der Waals surface area contributed by atoms with E-state index in [1.54, 1.807) is 7.11 Å². The number of hydrogen-bond acceptors (Lipinski definition) is 9. The van der Waals surface area contributed by atoms with Crippen LogP contribution in [0.3, 0.4) is 0 Å². The van der Waals surface area contributed by atoms with Crippen LogP contribution in [0.5, 0.6) is 5.75 Å². The third kappa shape index (κ3) is 4.19. The fraction of sp³-hybridized carbons (Fsp3) is 0.435. The van der Waals surface area contributed by atoms with Crippen LogP contribution in [0.2, 0.25) is 0 Å². The zero-order valence-corrected chi connectivity index (χ0v) is 18.1. The van der Waals surface area contributed by atoms with Crippen LogP contribution in [0.25, 0.3) is 22.3 Å². The van der Waals surface area contributed by atoms with Gasteiger partial charge in [0.25, 0.3) is 0 Å². The Morgan fingerprint density at radius 3 is 2.72 bits per heavy atom. The first-order chi connectivity index (χ1) is 15.7. The van der Waals surface area contributed by atoms with Gasteiger partial charge in [-0.1, -0.05) is 0 Å². The summed E-state index contributed by atoms with van der Waals surface area (Å²) in [5, 5.41) is 14.0. The second-order valence-electron chi connectivity index (χ2n) is 7.93. The van der Waals surface area contributed by atoms with Gasteiger partial charge in [0.1, 0.15) is 11.6 Å². The maximum absolute atomic E-state index is 9.69. The zero-order chi connectivity index (χ0) is 21.9. The van der Waals surface area contributed by atoms with E-state index < -0.39 is 0 Å². The maximum Gasteiger partial charge on any atom is 0.227 e. The summed E-state index contributed by atoms with van der Waals surface area (Å²) in [6.07, 6.45) is 0.928. The summed E-state index contributed by atoms with van der Waals surface area (Å²) < 4.78 is 16.3. The number of hydrogen-bond donors (Lipinski definition) is 2. The molecule has 3 aromatic rings. The second kappa shape index (κ2) is 9.23. The number of morpholine rings is 1. The van der Waals surface area contributed by atoms with Gasteiger partial charge in [0.2, 0.25) is 5.95 Å². The number of aromatic nitrogens is 3.